The maximum absolute atomic E-state index is 11.9. The normalized spacial score (nSPS) is 30.8. The Morgan fingerprint density at radius 2 is 2.14 bits per heavy atom. The molecule has 2 fully saturated rings. The molecule has 0 saturated carbocycles. The maximum Gasteiger partial charge on any atom is 0.329 e. The van der Waals surface area contributed by atoms with Gasteiger partial charge < -0.3 is 9.64 Å². The summed E-state index contributed by atoms with van der Waals surface area (Å²) in [6.07, 6.45) is 0.625. The molecule has 14 heavy (non-hydrogen) atoms. The predicted molar refractivity (Wildman–Crippen MR) is 49.5 cm³/mol. The van der Waals surface area contributed by atoms with Gasteiger partial charge in [0, 0.05) is 11.8 Å². The first-order valence-electron chi connectivity index (χ1n) is 4.91. The van der Waals surface area contributed by atoms with Crippen LogP contribution in [0.4, 0.5) is 0 Å². The Kier molecular flexibility index (Phi) is 1.84. The highest BCUT2D eigenvalue weighted by Crippen LogP contribution is 2.32. The molecule has 1 amide bonds. The predicted octanol–water partition coefficient (Wildman–Crippen LogP) is 0.559. The maximum atomic E-state index is 11.9. The summed E-state index contributed by atoms with van der Waals surface area (Å²) in [5, 5.41) is 0. The largest absolute Gasteiger partial charge is 0.459 e. The lowest BCUT2D eigenvalue weighted by Crippen LogP contribution is -2.48. The second kappa shape index (κ2) is 2.72. The second-order valence-corrected chi connectivity index (χ2v) is 5.02. The molecule has 0 unspecified atom stereocenters. The number of ether oxygens (including phenoxy) is 1. The Morgan fingerprint density at radius 3 is 2.57 bits per heavy atom. The van der Waals surface area contributed by atoms with Gasteiger partial charge in [-0.2, -0.15) is 0 Å². The van der Waals surface area contributed by atoms with Gasteiger partial charge in [-0.15, -0.1) is 0 Å². The third-order valence-electron chi connectivity index (χ3n) is 2.72. The van der Waals surface area contributed by atoms with E-state index in [2.05, 4.69) is 0 Å². The molecular formula is C10H15NO3. The van der Waals surface area contributed by atoms with Crippen molar-refractivity contribution >= 4 is 11.9 Å². The van der Waals surface area contributed by atoms with Crippen LogP contribution in [0.3, 0.4) is 0 Å². The zero-order chi connectivity index (χ0) is 10.5. The van der Waals surface area contributed by atoms with E-state index in [1.54, 1.807) is 4.90 Å². The van der Waals surface area contributed by atoms with Crippen LogP contribution in [0.15, 0.2) is 0 Å². The minimum absolute atomic E-state index is 0.0432. The minimum Gasteiger partial charge on any atom is -0.459 e. The highest BCUT2D eigenvalue weighted by Gasteiger charge is 2.50. The van der Waals surface area contributed by atoms with E-state index in [0.29, 0.717) is 13.0 Å². The van der Waals surface area contributed by atoms with Crippen LogP contribution in [0.5, 0.6) is 0 Å². The molecule has 0 aromatic rings. The lowest BCUT2D eigenvalue weighted by molar-refractivity contribution is -0.160. The fraction of sp³-hybridized carbons (Fsp3) is 0.800. The average Bonchev–Trinajstić information content (AvgIpc) is 2.58. The smallest absolute Gasteiger partial charge is 0.329 e. The monoisotopic (exact) mass is 197 g/mol. The highest BCUT2D eigenvalue weighted by molar-refractivity contribution is 5.89. The Bertz CT molecular complexity index is 292. The summed E-state index contributed by atoms with van der Waals surface area (Å²) in [5.74, 6) is -0.194. The molecule has 4 heteroatoms. The van der Waals surface area contributed by atoms with Gasteiger partial charge in [-0.3, -0.25) is 4.79 Å². The average molecular weight is 197 g/mol. The first kappa shape index (κ1) is 9.49. The molecule has 0 aromatic heterocycles. The molecule has 2 aliphatic heterocycles. The van der Waals surface area contributed by atoms with Gasteiger partial charge in [-0.05, 0) is 0 Å². The number of rotatable bonds is 0. The lowest BCUT2D eigenvalue weighted by atomic mass is 9.94. The van der Waals surface area contributed by atoms with Crippen molar-refractivity contribution in [2.24, 2.45) is 5.41 Å². The van der Waals surface area contributed by atoms with Crippen LogP contribution >= 0.6 is 0 Å². The van der Waals surface area contributed by atoms with E-state index in [4.69, 9.17) is 4.74 Å². The molecule has 2 aliphatic rings. The summed E-state index contributed by atoms with van der Waals surface area (Å²) >= 11 is 0. The standard InChI is InChI=1S/C10H15NO3/c1-10(2,3)9(13)11-5-6-4-7(11)8(12)14-6/h6-7H,4-5H2,1-3H3/t6-,7+/m1/s1. The van der Waals surface area contributed by atoms with Crippen LogP contribution in [-0.2, 0) is 14.3 Å². The third kappa shape index (κ3) is 1.29. The molecule has 0 aromatic carbocycles. The summed E-state index contributed by atoms with van der Waals surface area (Å²) < 4.78 is 5.02. The highest BCUT2D eigenvalue weighted by atomic mass is 16.6. The molecule has 4 nitrogen and oxygen atoms in total. The molecule has 2 atom stereocenters. The van der Waals surface area contributed by atoms with Gasteiger partial charge in [-0.25, -0.2) is 4.79 Å². The molecule has 2 heterocycles. The Labute approximate surface area is 83.2 Å². The van der Waals surface area contributed by atoms with E-state index < -0.39 is 5.41 Å². The quantitative estimate of drug-likeness (QED) is 0.533. The molecule has 2 rings (SSSR count). The number of fused-ring (bicyclic) bond motifs is 2. The van der Waals surface area contributed by atoms with Gasteiger partial charge >= 0.3 is 5.97 Å². The van der Waals surface area contributed by atoms with Gasteiger partial charge in [0.15, 0.2) is 0 Å². The number of esters is 1. The van der Waals surface area contributed by atoms with E-state index >= 15 is 0 Å². The fourth-order valence-electron chi connectivity index (χ4n) is 2.00. The number of morpholine rings is 1. The SMILES string of the molecule is CC(C)(C)C(=O)N1C[C@H]2C[C@H]1C(=O)O2. The fourth-order valence-corrected chi connectivity index (χ4v) is 2.00. The van der Waals surface area contributed by atoms with Crippen LogP contribution in [0.2, 0.25) is 0 Å². The van der Waals surface area contributed by atoms with Crippen LogP contribution in [0.1, 0.15) is 27.2 Å². The van der Waals surface area contributed by atoms with E-state index in [1.165, 1.54) is 0 Å². The number of carbonyl (C=O) groups excluding carboxylic acids is 2. The van der Waals surface area contributed by atoms with Gasteiger partial charge in [0.1, 0.15) is 12.1 Å². The molecular weight excluding hydrogens is 182 g/mol. The van der Waals surface area contributed by atoms with Crippen molar-refractivity contribution in [1.82, 2.24) is 4.90 Å². The van der Waals surface area contributed by atoms with Crippen molar-refractivity contribution in [2.75, 3.05) is 6.54 Å². The Balaban J connectivity index is 2.15. The van der Waals surface area contributed by atoms with Crippen LogP contribution in [0, 0.1) is 5.41 Å². The molecule has 2 saturated heterocycles. The summed E-state index contributed by atoms with van der Waals surface area (Å²) in [7, 11) is 0. The van der Waals surface area contributed by atoms with Gasteiger partial charge in [0.2, 0.25) is 5.91 Å². The lowest BCUT2D eigenvalue weighted by Gasteiger charge is -2.31. The van der Waals surface area contributed by atoms with Crippen molar-refractivity contribution in [3.8, 4) is 0 Å². The Morgan fingerprint density at radius 1 is 1.50 bits per heavy atom. The zero-order valence-corrected chi connectivity index (χ0v) is 8.74. The van der Waals surface area contributed by atoms with Crippen LogP contribution in [-0.4, -0.2) is 35.5 Å². The molecule has 0 N–H and O–H groups in total. The first-order chi connectivity index (χ1) is 6.39. The van der Waals surface area contributed by atoms with Crippen molar-refractivity contribution in [1.29, 1.82) is 0 Å². The van der Waals surface area contributed by atoms with Gasteiger partial charge in [0.05, 0.1) is 6.54 Å². The number of hydrogen-bond acceptors (Lipinski definition) is 3. The van der Waals surface area contributed by atoms with Gasteiger partial charge in [0.25, 0.3) is 0 Å². The van der Waals surface area contributed by atoms with Crippen molar-refractivity contribution in [3.05, 3.63) is 0 Å². The van der Waals surface area contributed by atoms with Crippen molar-refractivity contribution in [3.63, 3.8) is 0 Å². The van der Waals surface area contributed by atoms with E-state index in [1.807, 2.05) is 20.8 Å². The summed E-state index contributed by atoms with van der Waals surface area (Å²) in [5.41, 5.74) is -0.412. The number of nitrogens with zero attached hydrogens (tertiary/aromatic N) is 1. The van der Waals surface area contributed by atoms with Gasteiger partial charge in [-0.1, -0.05) is 20.8 Å². The summed E-state index contributed by atoms with van der Waals surface area (Å²) in [6.45, 7) is 6.18. The number of hydrogen-bond donors (Lipinski definition) is 0. The molecule has 0 radical (unpaired) electrons. The van der Waals surface area contributed by atoms with Crippen molar-refractivity contribution in [2.45, 2.75) is 39.3 Å². The number of likely N-dealkylation sites (tertiary alicyclic amines) is 1. The molecule has 0 aliphatic carbocycles. The Hall–Kier alpha value is -1.06. The van der Waals surface area contributed by atoms with Crippen molar-refractivity contribution < 1.29 is 14.3 Å². The summed E-state index contributed by atoms with van der Waals surface area (Å²) in [4.78, 5) is 24.8. The number of amides is 1. The van der Waals surface area contributed by atoms with E-state index in [-0.39, 0.29) is 24.0 Å². The van der Waals surface area contributed by atoms with Crippen LogP contribution < -0.4 is 0 Å². The summed E-state index contributed by atoms with van der Waals surface area (Å²) in [6, 6.07) is -0.313. The zero-order valence-electron chi connectivity index (χ0n) is 8.74. The third-order valence-corrected chi connectivity index (χ3v) is 2.72. The number of carbonyl (C=O) groups is 2. The second-order valence-electron chi connectivity index (χ2n) is 5.02. The minimum atomic E-state index is -0.412. The molecule has 2 bridgehead atoms. The first-order valence-corrected chi connectivity index (χ1v) is 4.91. The molecule has 0 spiro atoms. The molecule has 78 valence electrons. The van der Waals surface area contributed by atoms with E-state index in [0.717, 1.165) is 0 Å². The van der Waals surface area contributed by atoms with E-state index in [9.17, 15) is 9.59 Å². The topological polar surface area (TPSA) is 46.6 Å². The van der Waals surface area contributed by atoms with Crippen LogP contribution in [0.25, 0.3) is 0 Å².